The zero-order chi connectivity index (χ0) is 14.8. The second-order valence-corrected chi connectivity index (χ2v) is 5.64. The molecule has 0 atom stereocenters. The van der Waals surface area contributed by atoms with Crippen LogP contribution in [-0.2, 0) is 6.54 Å². The number of benzene rings is 2. The zero-order valence-corrected chi connectivity index (χ0v) is 12.9. The van der Waals surface area contributed by atoms with Crippen LogP contribution in [0.3, 0.4) is 0 Å². The van der Waals surface area contributed by atoms with Crippen molar-refractivity contribution >= 4 is 11.6 Å². The molecule has 0 aliphatic rings. The third-order valence-corrected chi connectivity index (χ3v) is 4.05. The van der Waals surface area contributed by atoms with Gasteiger partial charge < -0.3 is 0 Å². The molecule has 0 fully saturated rings. The highest BCUT2D eigenvalue weighted by Crippen LogP contribution is 2.28. The smallest absolute Gasteiger partial charge is 0.130 e. The summed E-state index contributed by atoms with van der Waals surface area (Å²) in [5.74, 6) is 0. The summed E-state index contributed by atoms with van der Waals surface area (Å²) < 4.78 is 1.87. The first-order valence-corrected chi connectivity index (χ1v) is 7.37. The van der Waals surface area contributed by atoms with Crippen LogP contribution in [0, 0.1) is 13.8 Å². The van der Waals surface area contributed by atoms with Gasteiger partial charge in [-0.15, -0.1) is 0 Å². The first kappa shape index (κ1) is 13.9. The van der Waals surface area contributed by atoms with Gasteiger partial charge in [-0.2, -0.15) is 5.10 Å². The van der Waals surface area contributed by atoms with Gasteiger partial charge in [0.1, 0.15) is 5.15 Å². The lowest BCUT2D eigenvalue weighted by molar-refractivity contribution is 0.689. The lowest BCUT2D eigenvalue weighted by Crippen LogP contribution is -2.02. The van der Waals surface area contributed by atoms with Crippen molar-refractivity contribution in [3.63, 3.8) is 0 Å². The number of rotatable bonds is 3. The van der Waals surface area contributed by atoms with Crippen LogP contribution in [0.4, 0.5) is 0 Å². The minimum atomic E-state index is 0.689. The fourth-order valence-corrected chi connectivity index (χ4v) is 2.68. The van der Waals surface area contributed by atoms with Crippen molar-refractivity contribution in [1.82, 2.24) is 9.78 Å². The summed E-state index contributed by atoms with van der Waals surface area (Å²) in [4.78, 5) is 0. The molecule has 0 radical (unpaired) electrons. The Labute approximate surface area is 130 Å². The summed E-state index contributed by atoms with van der Waals surface area (Å²) in [6.45, 7) is 4.80. The summed E-state index contributed by atoms with van der Waals surface area (Å²) in [5.41, 5.74) is 5.53. The molecule has 3 aromatic rings. The van der Waals surface area contributed by atoms with E-state index in [1.807, 2.05) is 29.8 Å². The molecule has 0 unspecified atom stereocenters. The number of nitrogens with zero attached hydrogens (tertiary/aromatic N) is 2. The minimum Gasteiger partial charge on any atom is -0.249 e. The van der Waals surface area contributed by atoms with E-state index >= 15 is 0 Å². The number of aryl methyl sites for hydroxylation is 1. The molecule has 2 nitrogen and oxygen atoms in total. The Morgan fingerprint density at radius 1 is 1.00 bits per heavy atom. The van der Waals surface area contributed by atoms with Gasteiger partial charge in [0.15, 0.2) is 0 Å². The van der Waals surface area contributed by atoms with Crippen molar-refractivity contribution in [1.29, 1.82) is 0 Å². The van der Waals surface area contributed by atoms with Gasteiger partial charge in [0, 0.05) is 11.1 Å². The van der Waals surface area contributed by atoms with Crippen LogP contribution in [-0.4, -0.2) is 9.78 Å². The van der Waals surface area contributed by atoms with Crippen molar-refractivity contribution in [3.8, 4) is 11.3 Å². The van der Waals surface area contributed by atoms with Gasteiger partial charge in [-0.05, 0) is 19.4 Å². The topological polar surface area (TPSA) is 17.8 Å². The molecule has 0 saturated carbocycles. The normalized spacial score (nSPS) is 10.8. The number of hydrogen-bond acceptors (Lipinski definition) is 1. The molecular formula is C18H17ClN2. The Balaban J connectivity index is 1.98. The van der Waals surface area contributed by atoms with E-state index in [0.29, 0.717) is 11.7 Å². The molecular weight excluding hydrogens is 280 g/mol. The highest BCUT2D eigenvalue weighted by molar-refractivity contribution is 6.30. The summed E-state index contributed by atoms with van der Waals surface area (Å²) in [6.07, 6.45) is 0. The van der Waals surface area contributed by atoms with Crippen molar-refractivity contribution in [2.24, 2.45) is 0 Å². The maximum atomic E-state index is 6.45. The molecule has 0 aliphatic heterocycles. The maximum Gasteiger partial charge on any atom is 0.130 e. The molecule has 0 saturated heterocycles. The summed E-state index contributed by atoms with van der Waals surface area (Å²) >= 11 is 6.45. The molecule has 2 aromatic carbocycles. The first-order valence-electron chi connectivity index (χ1n) is 6.99. The van der Waals surface area contributed by atoms with Gasteiger partial charge in [-0.25, -0.2) is 4.68 Å². The SMILES string of the molecule is Cc1cccc(Cn2nc(-c3ccccc3)c(C)c2Cl)c1. The van der Waals surface area contributed by atoms with Crippen LogP contribution in [0.2, 0.25) is 5.15 Å². The third kappa shape index (κ3) is 2.86. The average molecular weight is 297 g/mol. The molecule has 1 heterocycles. The second kappa shape index (κ2) is 5.74. The van der Waals surface area contributed by atoms with E-state index in [4.69, 9.17) is 11.6 Å². The lowest BCUT2D eigenvalue weighted by atomic mass is 10.1. The van der Waals surface area contributed by atoms with Gasteiger partial charge in [-0.3, -0.25) is 0 Å². The predicted molar refractivity (Wildman–Crippen MR) is 87.7 cm³/mol. The second-order valence-electron chi connectivity index (χ2n) is 5.28. The van der Waals surface area contributed by atoms with Crippen molar-refractivity contribution < 1.29 is 0 Å². The summed E-state index contributed by atoms with van der Waals surface area (Å²) in [6, 6.07) is 18.6. The van der Waals surface area contributed by atoms with E-state index < -0.39 is 0 Å². The molecule has 3 heteroatoms. The summed E-state index contributed by atoms with van der Waals surface area (Å²) in [5, 5.41) is 5.39. The molecule has 106 valence electrons. The van der Waals surface area contributed by atoms with Crippen LogP contribution >= 0.6 is 11.6 Å². The Morgan fingerprint density at radius 3 is 2.48 bits per heavy atom. The number of hydrogen-bond donors (Lipinski definition) is 0. The largest absolute Gasteiger partial charge is 0.249 e. The molecule has 1 aromatic heterocycles. The fourth-order valence-electron chi connectivity index (χ4n) is 2.49. The van der Waals surface area contributed by atoms with E-state index in [1.165, 1.54) is 11.1 Å². The van der Waals surface area contributed by atoms with Crippen LogP contribution in [0.5, 0.6) is 0 Å². The highest BCUT2D eigenvalue weighted by Gasteiger charge is 2.14. The Bertz CT molecular complexity index is 760. The van der Waals surface area contributed by atoms with Crippen LogP contribution < -0.4 is 0 Å². The fraction of sp³-hybridized carbons (Fsp3) is 0.167. The lowest BCUT2D eigenvalue weighted by Gasteiger charge is -2.04. The van der Waals surface area contributed by atoms with Crippen LogP contribution in [0.15, 0.2) is 54.6 Å². The molecule has 21 heavy (non-hydrogen) atoms. The average Bonchev–Trinajstić information content (AvgIpc) is 2.77. The van der Waals surface area contributed by atoms with E-state index in [-0.39, 0.29) is 0 Å². The molecule has 0 bridgehead atoms. The highest BCUT2D eigenvalue weighted by atomic mass is 35.5. The van der Waals surface area contributed by atoms with Gasteiger partial charge in [0.2, 0.25) is 0 Å². The van der Waals surface area contributed by atoms with Crippen molar-refractivity contribution in [3.05, 3.63) is 76.4 Å². The third-order valence-electron chi connectivity index (χ3n) is 3.57. The first-order chi connectivity index (χ1) is 10.1. The Kier molecular flexibility index (Phi) is 3.80. The van der Waals surface area contributed by atoms with Crippen molar-refractivity contribution in [2.45, 2.75) is 20.4 Å². The van der Waals surface area contributed by atoms with Crippen LogP contribution in [0.25, 0.3) is 11.3 Å². The quantitative estimate of drug-likeness (QED) is 0.674. The summed E-state index contributed by atoms with van der Waals surface area (Å²) in [7, 11) is 0. The number of halogens is 1. The Hall–Kier alpha value is -2.06. The monoisotopic (exact) mass is 296 g/mol. The molecule has 0 aliphatic carbocycles. The zero-order valence-electron chi connectivity index (χ0n) is 12.2. The van der Waals surface area contributed by atoms with Gasteiger partial charge in [-0.1, -0.05) is 71.8 Å². The maximum absolute atomic E-state index is 6.45. The standard InChI is InChI=1S/C18H17ClN2/c1-13-7-6-8-15(11-13)12-21-18(19)14(2)17(20-21)16-9-4-3-5-10-16/h3-11H,12H2,1-2H3. The van der Waals surface area contributed by atoms with E-state index in [0.717, 1.165) is 16.8 Å². The predicted octanol–water partition coefficient (Wildman–Crippen LogP) is 4.87. The van der Waals surface area contributed by atoms with E-state index in [2.05, 4.69) is 48.4 Å². The van der Waals surface area contributed by atoms with Crippen molar-refractivity contribution in [2.75, 3.05) is 0 Å². The van der Waals surface area contributed by atoms with Gasteiger partial charge in [0.25, 0.3) is 0 Å². The molecule has 0 spiro atoms. The van der Waals surface area contributed by atoms with Gasteiger partial charge >= 0.3 is 0 Å². The van der Waals surface area contributed by atoms with Gasteiger partial charge in [0.05, 0.1) is 12.2 Å². The number of aromatic nitrogens is 2. The van der Waals surface area contributed by atoms with Crippen LogP contribution in [0.1, 0.15) is 16.7 Å². The Morgan fingerprint density at radius 2 is 1.76 bits per heavy atom. The molecule has 0 amide bonds. The molecule has 0 N–H and O–H groups in total. The van der Waals surface area contributed by atoms with E-state index in [9.17, 15) is 0 Å². The molecule has 3 rings (SSSR count). The minimum absolute atomic E-state index is 0.689. The van der Waals surface area contributed by atoms with E-state index in [1.54, 1.807) is 0 Å².